The van der Waals surface area contributed by atoms with E-state index in [-0.39, 0.29) is 11.1 Å². The Hall–Kier alpha value is -4.59. The Morgan fingerprint density at radius 2 is 1.58 bits per heavy atom. The standard InChI is InChI=1S/C28H19F3N2O3/c29-28(30,31)24-11-5-10-23-25(24)32-33(17-18-6-2-1-3-7-18)26(23)19-12-14-21(15-13-19)36-22-9-4-8-20(16-22)27(34)35/h1-16H,17H2,(H,34,35). The lowest BCUT2D eigenvalue weighted by atomic mass is 10.0. The molecule has 5 aromatic rings. The fourth-order valence-electron chi connectivity index (χ4n) is 4.07. The molecule has 8 heteroatoms. The fraction of sp³-hybridized carbons (Fsp3) is 0.0714. The Morgan fingerprint density at radius 1 is 0.861 bits per heavy atom. The molecule has 0 atom stereocenters. The molecule has 36 heavy (non-hydrogen) atoms. The molecule has 5 rings (SSSR count). The number of ether oxygens (including phenoxy) is 1. The second-order valence-corrected chi connectivity index (χ2v) is 8.15. The molecule has 0 aliphatic heterocycles. The second kappa shape index (κ2) is 9.22. The molecule has 0 unspecified atom stereocenters. The number of hydrogen-bond donors (Lipinski definition) is 1. The lowest BCUT2D eigenvalue weighted by Crippen LogP contribution is -2.06. The van der Waals surface area contributed by atoms with Gasteiger partial charge in [-0.15, -0.1) is 0 Å². The van der Waals surface area contributed by atoms with Crippen molar-refractivity contribution in [2.45, 2.75) is 12.7 Å². The molecule has 5 nitrogen and oxygen atoms in total. The molecule has 0 aliphatic rings. The Morgan fingerprint density at radius 3 is 2.28 bits per heavy atom. The van der Waals surface area contributed by atoms with Crippen LogP contribution in [-0.4, -0.2) is 20.9 Å². The minimum absolute atomic E-state index is 0.0980. The number of carbonyl (C=O) groups is 1. The molecule has 0 spiro atoms. The number of nitrogens with zero attached hydrogens (tertiary/aromatic N) is 2. The zero-order valence-corrected chi connectivity index (χ0v) is 18.7. The zero-order chi connectivity index (χ0) is 25.3. The first-order chi connectivity index (χ1) is 17.3. The van der Waals surface area contributed by atoms with Crippen molar-refractivity contribution in [3.63, 3.8) is 0 Å². The van der Waals surface area contributed by atoms with Crippen LogP contribution < -0.4 is 4.74 Å². The van der Waals surface area contributed by atoms with Crippen molar-refractivity contribution in [1.29, 1.82) is 0 Å². The number of benzene rings is 4. The minimum atomic E-state index is -4.54. The van der Waals surface area contributed by atoms with Crippen LogP contribution in [0, 0.1) is 0 Å². The summed E-state index contributed by atoms with van der Waals surface area (Å²) in [5.41, 5.74) is 1.33. The van der Waals surface area contributed by atoms with E-state index in [2.05, 4.69) is 5.10 Å². The topological polar surface area (TPSA) is 64.3 Å². The highest BCUT2D eigenvalue weighted by Crippen LogP contribution is 2.38. The predicted octanol–water partition coefficient (Wildman–Crippen LogP) is 7.26. The van der Waals surface area contributed by atoms with Gasteiger partial charge in [0.15, 0.2) is 0 Å². The average molecular weight is 488 g/mol. The highest BCUT2D eigenvalue weighted by Gasteiger charge is 2.34. The van der Waals surface area contributed by atoms with E-state index in [1.165, 1.54) is 18.2 Å². The number of hydrogen-bond acceptors (Lipinski definition) is 3. The van der Waals surface area contributed by atoms with E-state index in [1.54, 1.807) is 47.1 Å². The van der Waals surface area contributed by atoms with Crippen LogP contribution in [0.1, 0.15) is 21.5 Å². The van der Waals surface area contributed by atoms with E-state index in [0.717, 1.165) is 11.6 Å². The predicted molar refractivity (Wildman–Crippen MR) is 129 cm³/mol. The molecule has 0 amide bonds. The largest absolute Gasteiger partial charge is 0.478 e. The quantitative estimate of drug-likeness (QED) is 0.273. The SMILES string of the molecule is O=C(O)c1cccc(Oc2ccc(-c3c4cccc(C(F)(F)F)c4nn3Cc3ccccc3)cc2)c1. The van der Waals surface area contributed by atoms with Gasteiger partial charge in [-0.1, -0.05) is 48.5 Å². The monoisotopic (exact) mass is 488 g/mol. The van der Waals surface area contributed by atoms with Crippen LogP contribution in [0.5, 0.6) is 11.5 Å². The summed E-state index contributed by atoms with van der Waals surface area (Å²) in [7, 11) is 0. The van der Waals surface area contributed by atoms with E-state index in [9.17, 15) is 23.1 Å². The summed E-state index contributed by atoms with van der Waals surface area (Å²) < 4.78 is 48.5. The molecule has 1 heterocycles. The van der Waals surface area contributed by atoms with Gasteiger partial charge in [-0.25, -0.2) is 4.79 Å². The van der Waals surface area contributed by atoms with Crippen molar-refractivity contribution in [1.82, 2.24) is 9.78 Å². The Kier molecular flexibility index (Phi) is 5.93. The molecule has 0 fully saturated rings. The summed E-state index contributed by atoms with van der Waals surface area (Å²) in [6.45, 7) is 0.294. The maximum atomic E-state index is 13.7. The molecule has 4 aromatic carbocycles. The van der Waals surface area contributed by atoms with Gasteiger partial charge in [0, 0.05) is 10.9 Å². The molecule has 1 aromatic heterocycles. The molecule has 0 saturated heterocycles. The normalized spacial score (nSPS) is 11.5. The van der Waals surface area contributed by atoms with Crippen LogP contribution in [-0.2, 0) is 12.7 Å². The maximum Gasteiger partial charge on any atom is 0.418 e. The first-order valence-corrected chi connectivity index (χ1v) is 11.0. The summed E-state index contributed by atoms with van der Waals surface area (Å²) in [4.78, 5) is 11.2. The van der Waals surface area contributed by atoms with E-state index < -0.39 is 17.7 Å². The van der Waals surface area contributed by atoms with Gasteiger partial charge < -0.3 is 9.84 Å². The number of carboxylic acid groups (broad SMARTS) is 1. The van der Waals surface area contributed by atoms with Gasteiger partial charge in [-0.05, 0) is 54.1 Å². The van der Waals surface area contributed by atoms with Crippen molar-refractivity contribution in [2.24, 2.45) is 0 Å². The molecule has 1 N–H and O–H groups in total. The van der Waals surface area contributed by atoms with Crippen molar-refractivity contribution in [3.8, 4) is 22.8 Å². The van der Waals surface area contributed by atoms with Gasteiger partial charge in [-0.2, -0.15) is 18.3 Å². The van der Waals surface area contributed by atoms with Crippen LogP contribution in [0.2, 0.25) is 0 Å². The van der Waals surface area contributed by atoms with E-state index >= 15 is 0 Å². The highest BCUT2D eigenvalue weighted by molar-refractivity contribution is 5.95. The van der Waals surface area contributed by atoms with Gasteiger partial charge in [-0.3, -0.25) is 4.68 Å². The summed E-state index contributed by atoms with van der Waals surface area (Å²) in [6.07, 6.45) is -4.54. The van der Waals surface area contributed by atoms with Crippen molar-refractivity contribution >= 4 is 16.9 Å². The Labute approximate surface area is 204 Å². The number of fused-ring (bicyclic) bond motifs is 1. The third-order valence-corrected chi connectivity index (χ3v) is 5.69. The smallest absolute Gasteiger partial charge is 0.418 e. The minimum Gasteiger partial charge on any atom is -0.478 e. The number of rotatable bonds is 6. The average Bonchev–Trinajstić information content (AvgIpc) is 3.22. The molecule has 180 valence electrons. The van der Waals surface area contributed by atoms with Gasteiger partial charge in [0.05, 0.1) is 23.4 Å². The first kappa shape index (κ1) is 23.2. The van der Waals surface area contributed by atoms with Gasteiger partial charge >= 0.3 is 12.1 Å². The number of aromatic nitrogens is 2. The number of aromatic carboxylic acids is 1. The fourth-order valence-corrected chi connectivity index (χ4v) is 4.07. The summed E-state index contributed by atoms with van der Waals surface area (Å²) >= 11 is 0. The number of halogens is 3. The number of alkyl halides is 3. The lowest BCUT2D eigenvalue weighted by molar-refractivity contribution is -0.136. The van der Waals surface area contributed by atoms with Crippen LogP contribution in [0.15, 0.2) is 97.1 Å². The van der Waals surface area contributed by atoms with Crippen molar-refractivity contribution in [2.75, 3.05) is 0 Å². The maximum absolute atomic E-state index is 13.7. The third-order valence-electron chi connectivity index (χ3n) is 5.69. The van der Waals surface area contributed by atoms with Gasteiger partial charge in [0.1, 0.15) is 17.0 Å². The highest BCUT2D eigenvalue weighted by atomic mass is 19.4. The van der Waals surface area contributed by atoms with Crippen molar-refractivity contribution in [3.05, 3.63) is 114 Å². The number of carboxylic acids is 1. The molecule has 0 saturated carbocycles. The van der Waals surface area contributed by atoms with Gasteiger partial charge in [0.2, 0.25) is 0 Å². The molecule has 0 aliphatic carbocycles. The third kappa shape index (κ3) is 4.65. The van der Waals surface area contributed by atoms with Crippen LogP contribution in [0.4, 0.5) is 13.2 Å². The first-order valence-electron chi connectivity index (χ1n) is 11.0. The Balaban J connectivity index is 1.56. The molecular formula is C28H19F3N2O3. The van der Waals surface area contributed by atoms with E-state index in [0.29, 0.717) is 34.7 Å². The van der Waals surface area contributed by atoms with Crippen LogP contribution >= 0.6 is 0 Å². The summed E-state index contributed by atoms with van der Waals surface area (Å²) in [5.74, 6) is -0.250. The van der Waals surface area contributed by atoms with Gasteiger partial charge in [0.25, 0.3) is 0 Å². The zero-order valence-electron chi connectivity index (χ0n) is 18.7. The molecule has 0 bridgehead atoms. The van der Waals surface area contributed by atoms with Crippen molar-refractivity contribution < 1.29 is 27.8 Å². The molecule has 0 radical (unpaired) electrons. The van der Waals surface area contributed by atoms with Crippen LogP contribution in [0.3, 0.4) is 0 Å². The summed E-state index contributed by atoms with van der Waals surface area (Å²) in [5, 5.41) is 13.9. The Bertz CT molecular complexity index is 1540. The summed E-state index contributed by atoms with van der Waals surface area (Å²) in [6, 6.07) is 26.4. The molecular weight excluding hydrogens is 469 g/mol. The second-order valence-electron chi connectivity index (χ2n) is 8.15. The lowest BCUT2D eigenvalue weighted by Gasteiger charge is -2.10. The van der Waals surface area contributed by atoms with E-state index in [4.69, 9.17) is 4.74 Å². The van der Waals surface area contributed by atoms with E-state index in [1.807, 2.05) is 30.3 Å². The van der Waals surface area contributed by atoms with Crippen LogP contribution in [0.25, 0.3) is 22.2 Å².